The highest BCUT2D eigenvalue weighted by atomic mass is 16.2. The van der Waals surface area contributed by atoms with Crippen molar-refractivity contribution < 1.29 is 9.59 Å². The summed E-state index contributed by atoms with van der Waals surface area (Å²) in [6, 6.07) is 16.1. The molecule has 0 aromatic heterocycles. The predicted octanol–water partition coefficient (Wildman–Crippen LogP) is 4.67. The fourth-order valence-corrected chi connectivity index (χ4v) is 3.80. The molecule has 0 bridgehead atoms. The zero-order valence-electron chi connectivity index (χ0n) is 18.5. The molecule has 3 rings (SSSR count). The van der Waals surface area contributed by atoms with Crippen LogP contribution in [0.25, 0.3) is 0 Å². The van der Waals surface area contributed by atoms with E-state index in [9.17, 15) is 9.59 Å². The van der Waals surface area contributed by atoms with Crippen LogP contribution in [-0.2, 0) is 11.2 Å². The average molecular weight is 408 g/mol. The second kappa shape index (κ2) is 9.79. The van der Waals surface area contributed by atoms with E-state index >= 15 is 0 Å². The van der Waals surface area contributed by atoms with Crippen molar-refractivity contribution in [3.05, 3.63) is 65.2 Å². The summed E-state index contributed by atoms with van der Waals surface area (Å²) in [6.45, 7) is 10.6. The van der Waals surface area contributed by atoms with Crippen molar-refractivity contribution >= 4 is 17.6 Å². The lowest BCUT2D eigenvalue weighted by molar-refractivity contribution is -0.133. The molecule has 1 saturated heterocycles. The van der Waals surface area contributed by atoms with Crippen LogP contribution in [0.3, 0.4) is 0 Å². The fraction of sp³-hybridized carbons (Fsp3) is 0.440. The zero-order chi connectivity index (χ0) is 21.7. The molecule has 1 aliphatic heterocycles. The summed E-state index contributed by atoms with van der Waals surface area (Å²) in [5.74, 6) is 0.575. The van der Waals surface area contributed by atoms with E-state index in [-0.39, 0.29) is 17.9 Å². The van der Waals surface area contributed by atoms with Crippen LogP contribution in [0.5, 0.6) is 0 Å². The van der Waals surface area contributed by atoms with E-state index in [4.69, 9.17) is 0 Å². The third-order valence-corrected chi connectivity index (χ3v) is 5.68. The minimum Gasteiger partial charge on any atom is -0.339 e. The lowest BCUT2D eigenvalue weighted by Gasteiger charge is -2.36. The minimum atomic E-state index is -0.175. The molecule has 0 aliphatic carbocycles. The molecule has 30 heavy (non-hydrogen) atoms. The first-order chi connectivity index (χ1) is 14.3. The molecule has 5 nitrogen and oxygen atoms in total. The molecule has 2 aromatic carbocycles. The van der Waals surface area contributed by atoms with Crippen molar-refractivity contribution in [3.8, 4) is 0 Å². The maximum Gasteiger partial charge on any atom is 0.321 e. The van der Waals surface area contributed by atoms with Crippen LogP contribution in [-0.4, -0.2) is 47.9 Å². The maximum absolute atomic E-state index is 13.0. The number of nitrogens with one attached hydrogen (secondary N) is 1. The summed E-state index contributed by atoms with van der Waals surface area (Å²) in [4.78, 5) is 29.1. The number of aryl methyl sites for hydroxylation is 1. The topological polar surface area (TPSA) is 52.7 Å². The number of rotatable bonds is 5. The summed E-state index contributed by atoms with van der Waals surface area (Å²) in [7, 11) is 0. The summed E-state index contributed by atoms with van der Waals surface area (Å²) in [6.07, 6.45) is 1.05. The lowest BCUT2D eigenvalue weighted by Crippen LogP contribution is -2.52. The summed E-state index contributed by atoms with van der Waals surface area (Å²) in [5.41, 5.74) is 4.30. The van der Waals surface area contributed by atoms with Gasteiger partial charge in [0.15, 0.2) is 0 Å². The van der Waals surface area contributed by atoms with Gasteiger partial charge in [-0.15, -0.1) is 0 Å². The van der Waals surface area contributed by atoms with Gasteiger partial charge in [-0.3, -0.25) is 4.79 Å². The Hall–Kier alpha value is -2.82. The van der Waals surface area contributed by atoms with Gasteiger partial charge in [-0.2, -0.15) is 0 Å². The Bertz CT molecular complexity index is 851. The number of hydrogen-bond acceptors (Lipinski definition) is 2. The molecule has 0 spiro atoms. The van der Waals surface area contributed by atoms with Crippen molar-refractivity contribution in [2.24, 2.45) is 5.92 Å². The molecule has 1 N–H and O–H groups in total. The number of benzene rings is 2. The molecule has 1 fully saturated rings. The summed E-state index contributed by atoms with van der Waals surface area (Å²) in [5, 5.41) is 2.93. The van der Waals surface area contributed by atoms with Crippen LogP contribution >= 0.6 is 0 Å². The second-order valence-corrected chi connectivity index (χ2v) is 8.67. The molecule has 1 heterocycles. The van der Waals surface area contributed by atoms with Crippen LogP contribution in [0.15, 0.2) is 48.5 Å². The third-order valence-electron chi connectivity index (χ3n) is 5.68. The van der Waals surface area contributed by atoms with E-state index in [1.54, 1.807) is 4.90 Å². The van der Waals surface area contributed by atoms with Crippen LogP contribution in [0.1, 0.15) is 43.4 Å². The Morgan fingerprint density at radius 3 is 2.00 bits per heavy atom. The first kappa shape index (κ1) is 21.9. The first-order valence-electron chi connectivity index (χ1n) is 10.8. The Morgan fingerprint density at radius 2 is 1.43 bits per heavy atom. The predicted molar refractivity (Wildman–Crippen MR) is 122 cm³/mol. The maximum atomic E-state index is 13.0. The molecule has 1 unspecified atom stereocenters. The van der Waals surface area contributed by atoms with Crippen LogP contribution in [0.2, 0.25) is 0 Å². The molecule has 160 valence electrons. The van der Waals surface area contributed by atoms with Gasteiger partial charge in [-0.25, -0.2) is 4.79 Å². The number of amides is 3. The fourth-order valence-electron chi connectivity index (χ4n) is 3.80. The van der Waals surface area contributed by atoms with Crippen molar-refractivity contribution in [1.29, 1.82) is 0 Å². The lowest BCUT2D eigenvalue weighted by atomic mass is 9.95. The van der Waals surface area contributed by atoms with Gasteiger partial charge in [0.25, 0.3) is 0 Å². The van der Waals surface area contributed by atoms with Gasteiger partial charge in [0, 0.05) is 31.9 Å². The van der Waals surface area contributed by atoms with E-state index in [2.05, 4.69) is 43.4 Å². The van der Waals surface area contributed by atoms with E-state index in [0.717, 1.165) is 23.2 Å². The standard InChI is InChI=1S/C25H33N3O2/c1-18(2)17-21-7-9-22(10-8-21)20(4)24(29)27-13-15-28(16-14-27)25(30)26-23-11-5-19(3)6-12-23/h5-12,18,20H,13-17H2,1-4H3,(H,26,30). The van der Waals surface area contributed by atoms with E-state index in [1.165, 1.54) is 5.56 Å². The van der Waals surface area contributed by atoms with E-state index in [1.807, 2.05) is 43.0 Å². The Balaban J connectivity index is 1.51. The molecule has 0 saturated carbocycles. The summed E-state index contributed by atoms with van der Waals surface area (Å²) >= 11 is 0. The summed E-state index contributed by atoms with van der Waals surface area (Å²) < 4.78 is 0. The van der Waals surface area contributed by atoms with Gasteiger partial charge >= 0.3 is 6.03 Å². The minimum absolute atomic E-state index is 0.111. The van der Waals surface area contributed by atoms with Crippen molar-refractivity contribution in [2.45, 2.75) is 40.0 Å². The zero-order valence-corrected chi connectivity index (χ0v) is 18.5. The highest BCUT2D eigenvalue weighted by Crippen LogP contribution is 2.21. The number of hydrogen-bond donors (Lipinski definition) is 1. The molecular weight excluding hydrogens is 374 g/mol. The third kappa shape index (κ3) is 5.62. The molecule has 2 aromatic rings. The van der Waals surface area contributed by atoms with Gasteiger partial charge < -0.3 is 15.1 Å². The van der Waals surface area contributed by atoms with E-state index < -0.39 is 0 Å². The number of piperazine rings is 1. The Labute approximate surface area is 180 Å². The normalized spacial score (nSPS) is 15.2. The van der Waals surface area contributed by atoms with Crippen LogP contribution in [0.4, 0.5) is 10.5 Å². The molecule has 3 amide bonds. The molecule has 1 atom stereocenters. The van der Waals surface area contributed by atoms with Gasteiger partial charge in [-0.05, 0) is 49.4 Å². The van der Waals surface area contributed by atoms with Gasteiger partial charge in [0.1, 0.15) is 0 Å². The molecule has 1 aliphatic rings. The van der Waals surface area contributed by atoms with Gasteiger partial charge in [0.05, 0.1) is 5.92 Å². The van der Waals surface area contributed by atoms with E-state index in [0.29, 0.717) is 32.1 Å². The van der Waals surface area contributed by atoms with Crippen molar-refractivity contribution in [1.82, 2.24) is 9.80 Å². The van der Waals surface area contributed by atoms with Crippen molar-refractivity contribution in [2.75, 3.05) is 31.5 Å². The molecular formula is C25H33N3O2. The number of anilines is 1. The monoisotopic (exact) mass is 407 g/mol. The highest BCUT2D eigenvalue weighted by molar-refractivity contribution is 5.89. The Morgan fingerprint density at radius 1 is 0.867 bits per heavy atom. The average Bonchev–Trinajstić information content (AvgIpc) is 2.74. The smallest absolute Gasteiger partial charge is 0.321 e. The van der Waals surface area contributed by atoms with Gasteiger partial charge in [-0.1, -0.05) is 55.8 Å². The number of carbonyl (C=O) groups excluding carboxylic acids is 2. The van der Waals surface area contributed by atoms with Crippen LogP contribution in [0, 0.1) is 12.8 Å². The quantitative estimate of drug-likeness (QED) is 0.783. The largest absolute Gasteiger partial charge is 0.339 e. The SMILES string of the molecule is Cc1ccc(NC(=O)N2CCN(C(=O)C(C)c3ccc(CC(C)C)cc3)CC2)cc1. The van der Waals surface area contributed by atoms with Crippen LogP contribution < -0.4 is 5.32 Å². The Kier molecular flexibility index (Phi) is 7.14. The number of carbonyl (C=O) groups is 2. The van der Waals surface area contributed by atoms with Crippen molar-refractivity contribution in [3.63, 3.8) is 0 Å². The number of nitrogens with zero attached hydrogens (tertiary/aromatic N) is 2. The first-order valence-corrected chi connectivity index (χ1v) is 10.8. The molecule has 0 radical (unpaired) electrons. The van der Waals surface area contributed by atoms with Gasteiger partial charge in [0.2, 0.25) is 5.91 Å². The second-order valence-electron chi connectivity index (χ2n) is 8.67. The highest BCUT2D eigenvalue weighted by Gasteiger charge is 2.27. The number of urea groups is 1. The molecule has 5 heteroatoms.